The molecule has 1 saturated heterocycles. The zero-order chi connectivity index (χ0) is 32.3. The lowest BCUT2D eigenvalue weighted by atomic mass is 9.77. The van der Waals surface area contributed by atoms with Crippen LogP contribution < -0.4 is 10.6 Å². The summed E-state index contributed by atoms with van der Waals surface area (Å²) in [5.74, 6) is -2.51. The van der Waals surface area contributed by atoms with Crippen LogP contribution in [0.2, 0.25) is 0 Å². The van der Waals surface area contributed by atoms with E-state index in [9.17, 15) is 24.3 Å². The van der Waals surface area contributed by atoms with Gasteiger partial charge in [0.1, 0.15) is 29.3 Å². The molecule has 46 heavy (non-hydrogen) atoms. The van der Waals surface area contributed by atoms with Gasteiger partial charge in [0.25, 0.3) is 5.91 Å². The number of hydrogen-bond donors (Lipinski definition) is 3. The van der Waals surface area contributed by atoms with Crippen molar-refractivity contribution < 1.29 is 29.0 Å². The Morgan fingerprint density at radius 2 is 1.52 bits per heavy atom. The maximum atomic E-state index is 13.1. The maximum absolute atomic E-state index is 13.1. The summed E-state index contributed by atoms with van der Waals surface area (Å²) in [6.07, 6.45) is -0.0618. The number of rotatable bonds is 11. The second kappa shape index (κ2) is 13.2. The first-order valence-electron chi connectivity index (χ1n) is 14.5. The molecule has 3 N–H and O–H groups in total. The Bertz CT molecular complexity index is 1700. The van der Waals surface area contributed by atoms with Crippen LogP contribution in [0.15, 0.2) is 108 Å². The predicted octanol–water partition coefficient (Wildman–Crippen LogP) is 4.39. The van der Waals surface area contributed by atoms with E-state index in [1.165, 1.54) is 30.0 Å². The van der Waals surface area contributed by atoms with Crippen LogP contribution in [0.4, 0.5) is 5.13 Å². The fourth-order valence-corrected chi connectivity index (χ4v) is 7.85. The molecular formula is C34H30N4O6S2. The number of carboxylic acid groups (broad SMARTS) is 1. The van der Waals surface area contributed by atoms with Crippen molar-refractivity contribution in [2.24, 2.45) is 0 Å². The smallest absolute Gasteiger partial charge is 0.352 e. The molecular weight excluding hydrogens is 625 g/mol. The molecule has 234 valence electrons. The molecule has 1 aromatic heterocycles. The van der Waals surface area contributed by atoms with Gasteiger partial charge in [-0.1, -0.05) is 91.0 Å². The van der Waals surface area contributed by atoms with Crippen molar-refractivity contribution in [2.45, 2.75) is 30.3 Å². The highest BCUT2D eigenvalue weighted by atomic mass is 32.2. The molecule has 1 fully saturated rings. The van der Waals surface area contributed by atoms with Crippen LogP contribution in [0.1, 0.15) is 29.3 Å². The average molecular weight is 655 g/mol. The average Bonchev–Trinajstić information content (AvgIpc) is 3.51. The van der Waals surface area contributed by atoms with Gasteiger partial charge in [0.15, 0.2) is 5.13 Å². The number of hydrogen-bond acceptors (Lipinski definition) is 9. The number of β-lactam (4-membered cyclic amide) rings is 1. The monoisotopic (exact) mass is 654 g/mol. The molecule has 2 amide bonds. The second-order valence-electron chi connectivity index (χ2n) is 10.8. The molecule has 4 aromatic rings. The molecule has 0 radical (unpaired) electrons. The summed E-state index contributed by atoms with van der Waals surface area (Å²) in [5, 5.41) is 18.1. The number of aromatic nitrogens is 1. The SMILES string of the molecule is CC(=O)OCC1=C(C(=O)O)N2C(=O)[C@H](NC(=O)Cc3csc(NC(c4ccccc4)(c4ccccc4)c4ccccc4)n3)[C@H]2SC1. The van der Waals surface area contributed by atoms with Crippen molar-refractivity contribution in [3.05, 3.63) is 130 Å². The van der Waals surface area contributed by atoms with Crippen LogP contribution in [-0.4, -0.2) is 62.5 Å². The fourth-order valence-electron chi connectivity index (χ4n) is 5.76. The van der Waals surface area contributed by atoms with Crippen molar-refractivity contribution in [1.29, 1.82) is 0 Å². The number of nitrogens with zero attached hydrogens (tertiary/aromatic N) is 2. The molecule has 2 aliphatic heterocycles. The Morgan fingerprint density at radius 1 is 0.957 bits per heavy atom. The van der Waals surface area contributed by atoms with Gasteiger partial charge in [-0.2, -0.15) is 0 Å². The highest BCUT2D eigenvalue weighted by molar-refractivity contribution is 8.00. The van der Waals surface area contributed by atoms with E-state index in [0.717, 1.165) is 21.6 Å². The van der Waals surface area contributed by atoms with E-state index in [-0.39, 0.29) is 24.5 Å². The number of carbonyl (C=O) groups excluding carboxylic acids is 3. The first-order chi connectivity index (χ1) is 22.3. The van der Waals surface area contributed by atoms with Crippen LogP contribution in [0, 0.1) is 0 Å². The first-order valence-corrected chi connectivity index (χ1v) is 16.4. The Kier molecular flexibility index (Phi) is 8.91. The number of esters is 1. The van der Waals surface area contributed by atoms with Crippen LogP contribution in [0.3, 0.4) is 0 Å². The van der Waals surface area contributed by atoms with Crippen LogP contribution in [-0.2, 0) is 35.9 Å². The first kappa shape index (κ1) is 31.1. The minimum atomic E-state index is -1.29. The van der Waals surface area contributed by atoms with Crippen molar-refractivity contribution >= 4 is 52.0 Å². The van der Waals surface area contributed by atoms with Gasteiger partial charge < -0.3 is 20.5 Å². The van der Waals surface area contributed by atoms with Gasteiger partial charge in [0, 0.05) is 23.6 Å². The van der Waals surface area contributed by atoms with Gasteiger partial charge in [-0.05, 0) is 16.7 Å². The number of fused-ring (bicyclic) bond motifs is 1. The number of carbonyl (C=O) groups is 4. The van der Waals surface area contributed by atoms with Crippen LogP contribution >= 0.6 is 23.1 Å². The van der Waals surface area contributed by atoms with Crippen molar-refractivity contribution in [3.63, 3.8) is 0 Å². The number of aliphatic carboxylic acids is 1. The number of nitrogens with one attached hydrogen (secondary N) is 2. The minimum absolute atomic E-state index is 0.0618. The van der Waals surface area contributed by atoms with Crippen LogP contribution in [0.25, 0.3) is 0 Å². The summed E-state index contributed by atoms with van der Waals surface area (Å²) in [6, 6.07) is 29.5. The number of ether oxygens (including phenoxy) is 1. The van der Waals surface area contributed by atoms with Crippen LogP contribution in [0.5, 0.6) is 0 Å². The van der Waals surface area contributed by atoms with E-state index >= 15 is 0 Å². The molecule has 6 rings (SSSR count). The van der Waals surface area contributed by atoms with Crippen molar-refractivity contribution in [3.8, 4) is 0 Å². The summed E-state index contributed by atoms with van der Waals surface area (Å²) < 4.78 is 4.98. The van der Waals surface area contributed by atoms with Crippen molar-refractivity contribution in [2.75, 3.05) is 17.7 Å². The predicted molar refractivity (Wildman–Crippen MR) is 175 cm³/mol. The molecule has 0 saturated carbocycles. The van der Waals surface area contributed by atoms with Gasteiger partial charge in [0.2, 0.25) is 5.91 Å². The fraction of sp³-hybridized carbons (Fsp3) is 0.206. The number of carboxylic acids is 1. The van der Waals surface area contributed by atoms with E-state index < -0.39 is 40.7 Å². The number of benzene rings is 3. The number of amides is 2. The third-order valence-corrected chi connectivity index (χ3v) is 9.97. The molecule has 12 heteroatoms. The molecule has 0 aliphatic carbocycles. The highest BCUT2D eigenvalue weighted by Gasteiger charge is 2.54. The lowest BCUT2D eigenvalue weighted by Crippen LogP contribution is -2.70. The molecule has 10 nitrogen and oxygen atoms in total. The molecule has 2 atom stereocenters. The van der Waals surface area contributed by atoms with E-state index in [2.05, 4.69) is 47.0 Å². The number of anilines is 1. The lowest BCUT2D eigenvalue weighted by Gasteiger charge is -2.49. The van der Waals surface area contributed by atoms with Crippen molar-refractivity contribution in [1.82, 2.24) is 15.2 Å². The molecule has 2 aliphatic rings. The maximum Gasteiger partial charge on any atom is 0.352 e. The third kappa shape index (κ3) is 6.01. The highest BCUT2D eigenvalue weighted by Crippen LogP contribution is 2.42. The second-order valence-corrected chi connectivity index (χ2v) is 12.7. The quantitative estimate of drug-likeness (QED) is 0.122. The Morgan fingerprint density at radius 3 is 2.04 bits per heavy atom. The molecule has 0 unspecified atom stereocenters. The molecule has 0 bridgehead atoms. The van der Waals surface area contributed by atoms with Gasteiger partial charge in [0.05, 0.1) is 12.1 Å². The summed E-state index contributed by atoms with van der Waals surface area (Å²) in [6.45, 7) is 1.02. The Labute approximate surface area is 273 Å². The van der Waals surface area contributed by atoms with E-state index in [1.54, 1.807) is 0 Å². The van der Waals surface area contributed by atoms with Gasteiger partial charge in [-0.3, -0.25) is 19.3 Å². The minimum Gasteiger partial charge on any atom is -0.477 e. The van der Waals surface area contributed by atoms with Gasteiger partial charge in [-0.15, -0.1) is 23.1 Å². The van der Waals surface area contributed by atoms with E-state index in [1.807, 2.05) is 60.0 Å². The Balaban J connectivity index is 1.20. The lowest BCUT2D eigenvalue weighted by molar-refractivity contribution is -0.151. The zero-order valence-electron chi connectivity index (χ0n) is 24.7. The molecule has 0 spiro atoms. The molecule has 3 aromatic carbocycles. The van der Waals surface area contributed by atoms with E-state index in [4.69, 9.17) is 9.72 Å². The topological polar surface area (TPSA) is 138 Å². The summed E-state index contributed by atoms with van der Waals surface area (Å²) in [5.41, 5.74) is 2.95. The standard InChI is InChI=1S/C34H30N4O6S2/c1-21(39)44-18-22-19-45-31-28(30(41)38(31)29(22)32(42)43)36-27(40)17-26-20-46-33(35-26)37-34(23-11-5-2-6-12-23,24-13-7-3-8-14-24)25-15-9-4-10-16-25/h2-16,20,28,31H,17-19H2,1H3,(H,35,37)(H,36,40)(H,42,43)/t28-,31+/m0/s1. The largest absolute Gasteiger partial charge is 0.477 e. The summed E-state index contributed by atoms with van der Waals surface area (Å²) in [4.78, 5) is 55.3. The normalized spacial score (nSPS) is 17.5. The zero-order valence-corrected chi connectivity index (χ0v) is 26.3. The third-order valence-electron chi connectivity index (χ3n) is 7.82. The molecule has 3 heterocycles. The van der Waals surface area contributed by atoms with Gasteiger partial charge in [-0.25, -0.2) is 9.78 Å². The summed E-state index contributed by atoms with van der Waals surface area (Å²) in [7, 11) is 0. The number of thioether (sulfide) groups is 1. The Hall–Kier alpha value is -4.94. The van der Waals surface area contributed by atoms with Gasteiger partial charge >= 0.3 is 11.9 Å². The summed E-state index contributed by atoms with van der Waals surface area (Å²) >= 11 is 2.69. The van der Waals surface area contributed by atoms with E-state index in [0.29, 0.717) is 16.4 Å². The number of thiazole rings is 1.